The third-order valence-corrected chi connectivity index (χ3v) is 7.79. The molecule has 2 saturated heterocycles. The highest BCUT2D eigenvalue weighted by molar-refractivity contribution is 7.11. The summed E-state index contributed by atoms with van der Waals surface area (Å²) in [5.74, 6) is 0.123. The van der Waals surface area contributed by atoms with Gasteiger partial charge in [0.1, 0.15) is 16.5 Å². The molecule has 0 aliphatic carbocycles. The number of anilines is 2. The molecule has 3 heterocycles. The minimum atomic E-state index is -0.320. The molecule has 0 bridgehead atoms. The standard InChI is InChI=1S/C28H38FN5OS/c1-2-3-8-22(19-31-16-13-21-11-14-30-15-12-21)28-33-25(20-36-28)27(35)32-24-10-7-9-23(29)26(24)34-17-5-4-6-18-34/h7-10,19-21,30H,2-6,11-18H2,1H3,(H,32,35)/b22-8+,31-19?. The number of allylic oxidation sites excluding steroid dienone is 2. The molecule has 0 atom stereocenters. The first-order chi connectivity index (χ1) is 17.7. The van der Waals surface area contributed by atoms with E-state index in [1.165, 1.54) is 30.2 Å². The van der Waals surface area contributed by atoms with Gasteiger partial charge in [-0.3, -0.25) is 9.79 Å². The lowest BCUT2D eigenvalue weighted by Gasteiger charge is -2.30. The van der Waals surface area contributed by atoms with E-state index in [1.54, 1.807) is 17.5 Å². The number of thiazole rings is 1. The molecule has 2 aliphatic rings. The minimum absolute atomic E-state index is 0.306. The van der Waals surface area contributed by atoms with Crippen LogP contribution in [-0.2, 0) is 0 Å². The summed E-state index contributed by atoms with van der Waals surface area (Å²) in [6, 6.07) is 4.85. The van der Waals surface area contributed by atoms with Crippen molar-refractivity contribution < 1.29 is 9.18 Å². The molecule has 0 unspecified atom stereocenters. The van der Waals surface area contributed by atoms with Gasteiger partial charge in [0.15, 0.2) is 0 Å². The first-order valence-corrected chi connectivity index (χ1v) is 14.2. The fourth-order valence-corrected chi connectivity index (χ4v) is 5.64. The molecule has 1 aromatic heterocycles. The van der Waals surface area contributed by atoms with Crippen molar-refractivity contribution in [1.29, 1.82) is 0 Å². The van der Waals surface area contributed by atoms with Gasteiger partial charge >= 0.3 is 0 Å². The lowest BCUT2D eigenvalue weighted by Crippen LogP contribution is -2.31. The van der Waals surface area contributed by atoms with E-state index < -0.39 is 0 Å². The van der Waals surface area contributed by atoms with Crippen LogP contribution >= 0.6 is 11.3 Å². The number of hydrogen-bond donors (Lipinski definition) is 2. The molecule has 4 rings (SSSR count). The number of piperidine rings is 2. The molecule has 2 N–H and O–H groups in total. The summed E-state index contributed by atoms with van der Waals surface area (Å²) in [5, 5.41) is 8.88. The molecule has 0 saturated carbocycles. The second-order valence-electron chi connectivity index (χ2n) is 9.64. The van der Waals surface area contributed by atoms with Crippen molar-refractivity contribution in [3.8, 4) is 0 Å². The van der Waals surface area contributed by atoms with Crippen LogP contribution in [-0.4, -0.2) is 49.8 Å². The SMILES string of the molecule is CCC/C=C(\C=NCCC1CCNCC1)c1nc(C(=O)Nc2cccc(F)c2N2CCCCC2)cs1. The molecule has 6 nitrogen and oxygen atoms in total. The van der Waals surface area contributed by atoms with Gasteiger partial charge in [-0.05, 0) is 76.1 Å². The Hall–Kier alpha value is -2.58. The van der Waals surface area contributed by atoms with E-state index in [1.807, 2.05) is 11.1 Å². The van der Waals surface area contributed by atoms with Crippen LogP contribution in [0.25, 0.3) is 5.57 Å². The summed E-state index contributed by atoms with van der Waals surface area (Å²) in [6.45, 7) is 6.76. The number of rotatable bonds is 10. The molecule has 1 amide bonds. The summed E-state index contributed by atoms with van der Waals surface area (Å²) < 4.78 is 14.8. The number of para-hydroxylation sites is 1. The van der Waals surface area contributed by atoms with E-state index in [0.29, 0.717) is 17.1 Å². The minimum Gasteiger partial charge on any atom is -0.367 e. The first kappa shape index (κ1) is 26.5. The monoisotopic (exact) mass is 511 g/mol. The zero-order chi connectivity index (χ0) is 25.2. The van der Waals surface area contributed by atoms with Crippen LogP contribution in [0.2, 0.25) is 0 Å². The number of aromatic nitrogens is 1. The van der Waals surface area contributed by atoms with Crippen molar-refractivity contribution in [3.63, 3.8) is 0 Å². The van der Waals surface area contributed by atoms with E-state index >= 15 is 0 Å². The average molecular weight is 512 g/mol. The normalized spacial score (nSPS) is 17.6. The van der Waals surface area contributed by atoms with Gasteiger partial charge in [0.05, 0.1) is 11.4 Å². The zero-order valence-electron chi connectivity index (χ0n) is 21.3. The summed E-state index contributed by atoms with van der Waals surface area (Å²) in [7, 11) is 0. The number of aliphatic imine (C=N–C) groups is 1. The molecule has 36 heavy (non-hydrogen) atoms. The van der Waals surface area contributed by atoms with E-state index in [2.05, 4.69) is 28.6 Å². The van der Waals surface area contributed by atoms with Crippen LogP contribution in [0.15, 0.2) is 34.6 Å². The molecule has 2 fully saturated rings. The number of benzene rings is 1. The third-order valence-electron chi connectivity index (χ3n) is 6.90. The van der Waals surface area contributed by atoms with Crippen molar-refractivity contribution in [2.24, 2.45) is 10.9 Å². The molecule has 0 radical (unpaired) electrons. The van der Waals surface area contributed by atoms with Gasteiger partial charge in [-0.1, -0.05) is 25.5 Å². The molecule has 2 aromatic rings. The lowest BCUT2D eigenvalue weighted by molar-refractivity contribution is 0.102. The van der Waals surface area contributed by atoms with E-state index in [-0.39, 0.29) is 11.7 Å². The van der Waals surface area contributed by atoms with Gasteiger partial charge in [-0.25, -0.2) is 9.37 Å². The molecule has 1 aromatic carbocycles. The summed E-state index contributed by atoms with van der Waals surface area (Å²) >= 11 is 1.44. The Kier molecular flexibility index (Phi) is 10.0. The Balaban J connectivity index is 1.43. The Labute approximate surface area is 218 Å². The Morgan fingerprint density at radius 1 is 1.28 bits per heavy atom. The van der Waals surface area contributed by atoms with E-state index in [9.17, 15) is 9.18 Å². The number of hydrogen-bond acceptors (Lipinski definition) is 6. The largest absolute Gasteiger partial charge is 0.367 e. The van der Waals surface area contributed by atoms with Gasteiger partial charge in [0.2, 0.25) is 0 Å². The van der Waals surface area contributed by atoms with E-state index in [0.717, 1.165) is 87.7 Å². The molecule has 194 valence electrons. The maximum atomic E-state index is 14.8. The summed E-state index contributed by atoms with van der Waals surface area (Å²) in [5.41, 5.74) is 2.28. The number of carbonyl (C=O) groups is 1. The first-order valence-electron chi connectivity index (χ1n) is 13.4. The van der Waals surface area contributed by atoms with Crippen LogP contribution in [0.5, 0.6) is 0 Å². The molecule has 2 aliphatic heterocycles. The van der Waals surface area contributed by atoms with E-state index in [4.69, 9.17) is 4.99 Å². The van der Waals surface area contributed by atoms with Gasteiger partial charge in [0, 0.05) is 36.8 Å². The summed E-state index contributed by atoms with van der Waals surface area (Å²) in [4.78, 5) is 24.4. The predicted molar refractivity (Wildman–Crippen MR) is 149 cm³/mol. The maximum absolute atomic E-state index is 14.8. The van der Waals surface area contributed by atoms with Crippen LogP contribution < -0.4 is 15.5 Å². The molecular formula is C28H38FN5OS. The number of amides is 1. The smallest absolute Gasteiger partial charge is 0.275 e. The lowest BCUT2D eigenvalue weighted by atomic mass is 9.95. The highest BCUT2D eigenvalue weighted by Gasteiger charge is 2.21. The van der Waals surface area contributed by atoms with Crippen LogP contribution in [0.4, 0.5) is 15.8 Å². The Morgan fingerprint density at radius 2 is 2.08 bits per heavy atom. The number of nitrogens with one attached hydrogen (secondary N) is 2. The predicted octanol–water partition coefficient (Wildman–Crippen LogP) is 6.17. The average Bonchev–Trinajstić information content (AvgIpc) is 3.40. The molecule has 0 spiro atoms. The van der Waals surface area contributed by atoms with Crippen molar-refractivity contribution in [2.45, 2.75) is 58.3 Å². The van der Waals surface area contributed by atoms with Gasteiger partial charge in [-0.2, -0.15) is 0 Å². The number of carbonyl (C=O) groups excluding carboxylic acids is 1. The van der Waals surface area contributed by atoms with Crippen LogP contribution in [0.1, 0.15) is 73.8 Å². The zero-order valence-corrected chi connectivity index (χ0v) is 22.1. The van der Waals surface area contributed by atoms with Crippen LogP contribution in [0, 0.1) is 11.7 Å². The number of halogens is 1. The fourth-order valence-electron chi connectivity index (χ4n) is 4.84. The summed E-state index contributed by atoms with van der Waals surface area (Å²) in [6.07, 6.45) is 12.8. The highest BCUT2D eigenvalue weighted by atomic mass is 32.1. The third kappa shape index (κ3) is 7.23. The topological polar surface area (TPSA) is 69.6 Å². The van der Waals surface area contributed by atoms with Gasteiger partial charge < -0.3 is 15.5 Å². The number of unbranched alkanes of at least 4 members (excludes halogenated alkanes) is 1. The maximum Gasteiger partial charge on any atom is 0.275 e. The second kappa shape index (κ2) is 13.7. The highest BCUT2D eigenvalue weighted by Crippen LogP contribution is 2.32. The Bertz CT molecular complexity index is 1050. The number of nitrogens with zero attached hydrogens (tertiary/aromatic N) is 3. The van der Waals surface area contributed by atoms with Crippen molar-refractivity contribution in [2.75, 3.05) is 42.9 Å². The Morgan fingerprint density at radius 3 is 2.86 bits per heavy atom. The second-order valence-corrected chi connectivity index (χ2v) is 10.5. The van der Waals surface area contributed by atoms with Gasteiger partial charge in [-0.15, -0.1) is 11.3 Å². The van der Waals surface area contributed by atoms with Crippen molar-refractivity contribution >= 4 is 40.4 Å². The van der Waals surface area contributed by atoms with Gasteiger partial charge in [0.25, 0.3) is 5.91 Å². The fraction of sp³-hybridized carbons (Fsp3) is 0.536. The molecule has 8 heteroatoms. The quantitative estimate of drug-likeness (QED) is 0.374. The van der Waals surface area contributed by atoms with Crippen molar-refractivity contribution in [1.82, 2.24) is 10.3 Å². The van der Waals surface area contributed by atoms with Crippen LogP contribution in [0.3, 0.4) is 0 Å². The molecular weight excluding hydrogens is 473 g/mol. The van der Waals surface area contributed by atoms with Crippen molar-refractivity contribution in [3.05, 3.63) is 46.2 Å².